The molecule has 0 spiro atoms. The minimum absolute atomic E-state index is 0.0920. The number of nitrogens with zero attached hydrogens (tertiary/aromatic N) is 3. The fraction of sp³-hybridized carbons (Fsp3) is 0.526. The first-order valence-electron chi connectivity index (χ1n) is 9.28. The van der Waals surface area contributed by atoms with Gasteiger partial charge < -0.3 is 15.5 Å². The van der Waals surface area contributed by atoms with E-state index < -0.39 is 5.41 Å². The lowest BCUT2D eigenvalue weighted by molar-refractivity contribution is -0.143. The van der Waals surface area contributed by atoms with Crippen molar-refractivity contribution in [1.29, 1.82) is 0 Å². The molecule has 26 heavy (non-hydrogen) atoms. The maximum absolute atomic E-state index is 12.9. The molecule has 1 aromatic heterocycles. The average Bonchev–Trinajstić information content (AvgIpc) is 3.13. The Kier molecular flexibility index (Phi) is 5.27. The number of nitrogens with one attached hydrogen (secondary N) is 1. The normalized spacial score (nSPS) is 15.5. The van der Waals surface area contributed by atoms with Gasteiger partial charge in [0.05, 0.1) is 10.9 Å². The van der Waals surface area contributed by atoms with Gasteiger partial charge in [-0.3, -0.25) is 14.7 Å². The van der Waals surface area contributed by atoms with Crippen molar-refractivity contribution in [2.24, 2.45) is 11.1 Å². The Balaban J connectivity index is 1.68. The van der Waals surface area contributed by atoms with E-state index in [4.69, 9.17) is 5.73 Å². The van der Waals surface area contributed by atoms with Crippen LogP contribution in [0.5, 0.6) is 0 Å². The average molecular weight is 357 g/mol. The quantitative estimate of drug-likeness (QED) is 0.850. The van der Waals surface area contributed by atoms with Gasteiger partial charge in [0.15, 0.2) is 5.69 Å². The van der Waals surface area contributed by atoms with E-state index >= 15 is 0 Å². The number of aromatic nitrogens is 2. The Morgan fingerprint density at radius 2 is 1.73 bits per heavy atom. The molecule has 0 saturated carbocycles. The van der Waals surface area contributed by atoms with Crippen LogP contribution in [-0.4, -0.2) is 64.5 Å². The highest BCUT2D eigenvalue weighted by Gasteiger charge is 2.38. The first kappa shape index (κ1) is 18.4. The van der Waals surface area contributed by atoms with Crippen molar-refractivity contribution >= 4 is 22.7 Å². The number of para-hydroxylation sites is 1. The summed E-state index contributed by atoms with van der Waals surface area (Å²) in [6, 6.07) is 7.60. The smallest absolute Gasteiger partial charge is 0.275 e. The molecular weight excluding hydrogens is 330 g/mol. The molecule has 0 atom stereocenters. The summed E-state index contributed by atoms with van der Waals surface area (Å²) in [6.07, 6.45) is 1.47. The monoisotopic (exact) mass is 357 g/mol. The van der Waals surface area contributed by atoms with Crippen molar-refractivity contribution in [3.05, 3.63) is 30.0 Å². The molecule has 0 bridgehead atoms. The first-order chi connectivity index (χ1) is 12.6. The fourth-order valence-electron chi connectivity index (χ4n) is 3.65. The van der Waals surface area contributed by atoms with E-state index in [-0.39, 0.29) is 11.8 Å². The predicted octanol–water partition coefficient (Wildman–Crippen LogP) is 1.61. The largest absolute Gasteiger partial charge is 0.339 e. The van der Waals surface area contributed by atoms with Gasteiger partial charge in [-0.2, -0.15) is 5.10 Å². The van der Waals surface area contributed by atoms with Crippen molar-refractivity contribution in [3.63, 3.8) is 0 Å². The van der Waals surface area contributed by atoms with E-state index in [0.29, 0.717) is 38.4 Å². The number of nitrogens with two attached hydrogens (primary N) is 1. The zero-order valence-electron chi connectivity index (χ0n) is 15.5. The predicted molar refractivity (Wildman–Crippen MR) is 101 cm³/mol. The summed E-state index contributed by atoms with van der Waals surface area (Å²) in [5.74, 6) is 0.0212. The third kappa shape index (κ3) is 3.07. The number of hydrogen-bond donors (Lipinski definition) is 2. The van der Waals surface area contributed by atoms with Crippen molar-refractivity contribution in [2.45, 2.75) is 26.7 Å². The molecule has 0 aliphatic carbocycles. The van der Waals surface area contributed by atoms with Crippen LogP contribution in [-0.2, 0) is 4.79 Å². The van der Waals surface area contributed by atoms with Crippen LogP contribution in [0.3, 0.4) is 0 Å². The molecule has 1 saturated heterocycles. The zero-order chi connectivity index (χ0) is 18.7. The van der Waals surface area contributed by atoms with Gasteiger partial charge in [0, 0.05) is 38.1 Å². The van der Waals surface area contributed by atoms with Gasteiger partial charge in [-0.1, -0.05) is 32.0 Å². The molecule has 3 N–H and O–H groups in total. The number of carbonyl (C=O) groups is 2. The van der Waals surface area contributed by atoms with Gasteiger partial charge in [-0.05, 0) is 18.9 Å². The number of carbonyl (C=O) groups excluding carboxylic acids is 2. The third-order valence-corrected chi connectivity index (χ3v) is 5.72. The lowest BCUT2D eigenvalue weighted by Gasteiger charge is -2.40. The van der Waals surface area contributed by atoms with Crippen LogP contribution < -0.4 is 5.73 Å². The molecule has 0 unspecified atom stereocenters. The van der Waals surface area contributed by atoms with Gasteiger partial charge in [-0.15, -0.1) is 0 Å². The highest BCUT2D eigenvalue weighted by molar-refractivity contribution is 6.04. The maximum Gasteiger partial charge on any atom is 0.275 e. The zero-order valence-corrected chi connectivity index (χ0v) is 15.5. The number of rotatable bonds is 5. The topological polar surface area (TPSA) is 95.3 Å². The standard InChI is InChI=1S/C19H27N5O2/c1-3-19(4-2,13-20)18(26)24-11-9-23(10-12-24)17(25)16-14-7-5-6-8-15(14)21-22-16/h5-8H,3-4,9-13,20H2,1-2H3,(H,21,22). The fourth-order valence-corrected chi connectivity index (χ4v) is 3.65. The second-order valence-electron chi connectivity index (χ2n) is 6.89. The Morgan fingerprint density at radius 3 is 2.35 bits per heavy atom. The molecule has 1 aliphatic rings. The van der Waals surface area contributed by atoms with Crippen LogP contribution in [0.2, 0.25) is 0 Å². The maximum atomic E-state index is 12.9. The van der Waals surface area contributed by atoms with Crippen molar-refractivity contribution < 1.29 is 9.59 Å². The number of amides is 2. The molecule has 2 amide bonds. The van der Waals surface area contributed by atoms with Gasteiger partial charge in [-0.25, -0.2) is 0 Å². The molecular formula is C19H27N5O2. The molecule has 1 aromatic carbocycles. The number of piperazine rings is 1. The van der Waals surface area contributed by atoms with E-state index in [9.17, 15) is 9.59 Å². The highest BCUT2D eigenvalue weighted by atomic mass is 16.2. The Morgan fingerprint density at radius 1 is 1.12 bits per heavy atom. The minimum atomic E-state index is -0.482. The Hall–Kier alpha value is -2.41. The molecule has 140 valence electrons. The molecule has 1 aliphatic heterocycles. The molecule has 1 fully saturated rings. The second-order valence-corrected chi connectivity index (χ2v) is 6.89. The van der Waals surface area contributed by atoms with E-state index in [0.717, 1.165) is 23.7 Å². The number of benzene rings is 1. The summed E-state index contributed by atoms with van der Waals surface area (Å²) < 4.78 is 0. The third-order valence-electron chi connectivity index (χ3n) is 5.72. The summed E-state index contributed by atoms with van der Waals surface area (Å²) in [4.78, 5) is 29.4. The summed E-state index contributed by atoms with van der Waals surface area (Å²) in [6.45, 7) is 6.48. The van der Waals surface area contributed by atoms with Crippen LogP contribution in [0.1, 0.15) is 37.2 Å². The second kappa shape index (κ2) is 7.45. The van der Waals surface area contributed by atoms with E-state index in [1.54, 1.807) is 4.90 Å². The molecule has 0 radical (unpaired) electrons. The van der Waals surface area contributed by atoms with E-state index in [1.807, 2.05) is 43.0 Å². The van der Waals surface area contributed by atoms with E-state index in [2.05, 4.69) is 10.2 Å². The summed E-state index contributed by atoms with van der Waals surface area (Å²) in [7, 11) is 0. The van der Waals surface area contributed by atoms with Crippen molar-refractivity contribution in [3.8, 4) is 0 Å². The van der Waals surface area contributed by atoms with Crippen molar-refractivity contribution in [1.82, 2.24) is 20.0 Å². The summed E-state index contributed by atoms with van der Waals surface area (Å²) in [5.41, 5.74) is 6.72. The first-order valence-corrected chi connectivity index (χ1v) is 9.28. The number of fused-ring (bicyclic) bond motifs is 1. The van der Waals surface area contributed by atoms with Crippen LogP contribution >= 0.6 is 0 Å². The molecule has 2 heterocycles. The number of hydrogen-bond acceptors (Lipinski definition) is 4. The Labute approximate surface area is 153 Å². The molecule has 7 heteroatoms. The van der Waals surface area contributed by atoms with Gasteiger partial charge in [0.25, 0.3) is 5.91 Å². The van der Waals surface area contributed by atoms with Crippen LogP contribution in [0, 0.1) is 5.41 Å². The van der Waals surface area contributed by atoms with Crippen molar-refractivity contribution in [2.75, 3.05) is 32.7 Å². The van der Waals surface area contributed by atoms with Gasteiger partial charge in [0.2, 0.25) is 5.91 Å². The Bertz CT molecular complexity index is 780. The summed E-state index contributed by atoms with van der Waals surface area (Å²) >= 11 is 0. The molecule has 7 nitrogen and oxygen atoms in total. The molecule has 3 rings (SSSR count). The van der Waals surface area contributed by atoms with Crippen LogP contribution in [0.25, 0.3) is 10.9 Å². The number of aromatic amines is 1. The van der Waals surface area contributed by atoms with E-state index in [1.165, 1.54) is 0 Å². The van der Waals surface area contributed by atoms with Gasteiger partial charge >= 0.3 is 0 Å². The van der Waals surface area contributed by atoms with Crippen LogP contribution in [0.15, 0.2) is 24.3 Å². The lowest BCUT2D eigenvalue weighted by atomic mass is 9.81. The van der Waals surface area contributed by atoms with Gasteiger partial charge in [0.1, 0.15) is 0 Å². The summed E-state index contributed by atoms with van der Waals surface area (Å²) in [5, 5.41) is 7.92. The van der Waals surface area contributed by atoms with Crippen LogP contribution in [0.4, 0.5) is 0 Å². The minimum Gasteiger partial charge on any atom is -0.339 e. The lowest BCUT2D eigenvalue weighted by Crippen LogP contribution is -2.55. The SMILES string of the molecule is CCC(CC)(CN)C(=O)N1CCN(C(=O)c2n[nH]c3ccccc23)CC1. The molecule has 2 aromatic rings. The highest BCUT2D eigenvalue weighted by Crippen LogP contribution is 2.28. The number of H-pyrrole nitrogens is 1.